The molecular formula is C11H13NO4S. The summed E-state index contributed by atoms with van der Waals surface area (Å²) in [6.07, 6.45) is 0. The van der Waals surface area contributed by atoms with Crippen molar-refractivity contribution in [1.82, 2.24) is 4.72 Å². The van der Waals surface area contributed by atoms with Crippen molar-refractivity contribution in [3.63, 3.8) is 0 Å². The smallest absolute Gasteiger partial charge is 0.335 e. The van der Waals surface area contributed by atoms with E-state index in [-0.39, 0.29) is 11.5 Å². The van der Waals surface area contributed by atoms with E-state index in [1.54, 1.807) is 19.1 Å². The first-order valence-electron chi connectivity index (χ1n) is 4.88. The van der Waals surface area contributed by atoms with Crippen LogP contribution in [-0.2, 0) is 9.53 Å². The highest BCUT2D eigenvalue weighted by Gasteiger charge is 2.12. The summed E-state index contributed by atoms with van der Waals surface area (Å²) in [5.41, 5.74) is 0.232. The van der Waals surface area contributed by atoms with Crippen molar-refractivity contribution < 1.29 is 19.4 Å². The van der Waals surface area contributed by atoms with E-state index < -0.39 is 12.0 Å². The van der Waals surface area contributed by atoms with E-state index in [9.17, 15) is 9.59 Å². The normalized spacial score (nSPS) is 11.9. The molecule has 0 heterocycles. The van der Waals surface area contributed by atoms with E-state index in [0.717, 1.165) is 4.90 Å². The number of carbonyl (C=O) groups excluding carboxylic acids is 1. The van der Waals surface area contributed by atoms with E-state index in [2.05, 4.69) is 9.46 Å². The Balaban J connectivity index is 2.53. The average molecular weight is 255 g/mol. The lowest BCUT2D eigenvalue weighted by atomic mass is 10.2. The van der Waals surface area contributed by atoms with E-state index in [1.807, 2.05) is 0 Å². The lowest BCUT2D eigenvalue weighted by molar-refractivity contribution is -0.142. The second-order valence-corrected chi connectivity index (χ2v) is 4.21. The van der Waals surface area contributed by atoms with Crippen LogP contribution in [0.15, 0.2) is 29.2 Å². The van der Waals surface area contributed by atoms with Crippen LogP contribution < -0.4 is 4.72 Å². The number of ether oxygens (including phenoxy) is 1. The maximum atomic E-state index is 11.1. The molecular weight excluding hydrogens is 242 g/mol. The third kappa shape index (κ3) is 4.08. The number of hydrogen-bond acceptors (Lipinski definition) is 5. The van der Waals surface area contributed by atoms with Gasteiger partial charge in [-0.1, -0.05) is 0 Å². The van der Waals surface area contributed by atoms with Gasteiger partial charge < -0.3 is 9.84 Å². The number of hydrogen-bond donors (Lipinski definition) is 2. The molecule has 0 saturated carbocycles. The number of nitrogens with one attached hydrogen (secondary N) is 1. The van der Waals surface area contributed by atoms with Crippen LogP contribution in [0.4, 0.5) is 0 Å². The van der Waals surface area contributed by atoms with Gasteiger partial charge in [0.05, 0.1) is 12.7 Å². The van der Waals surface area contributed by atoms with Crippen LogP contribution in [0.3, 0.4) is 0 Å². The molecule has 0 aliphatic carbocycles. The van der Waals surface area contributed by atoms with Crippen molar-refractivity contribution in [3.05, 3.63) is 29.8 Å². The van der Waals surface area contributed by atoms with Crippen LogP contribution >= 0.6 is 11.9 Å². The van der Waals surface area contributed by atoms with Gasteiger partial charge in [0.15, 0.2) is 0 Å². The SMILES string of the molecule is COC(=O)[C@@H](C)NSc1ccc(C(=O)O)cc1. The highest BCUT2D eigenvalue weighted by Crippen LogP contribution is 2.16. The Morgan fingerprint density at radius 2 is 1.94 bits per heavy atom. The number of carboxylic acid groups (broad SMARTS) is 1. The molecule has 2 N–H and O–H groups in total. The zero-order valence-electron chi connectivity index (χ0n) is 9.47. The standard InChI is InChI=1S/C11H13NO4S/c1-7(11(15)16-2)12-17-9-5-3-8(4-6-9)10(13)14/h3-7,12H,1-2H3,(H,13,14)/t7-/m1/s1. The lowest BCUT2D eigenvalue weighted by Gasteiger charge is -2.10. The van der Waals surface area contributed by atoms with Gasteiger partial charge in [0.2, 0.25) is 0 Å². The first kappa shape index (κ1) is 13.5. The molecule has 0 spiro atoms. The van der Waals surface area contributed by atoms with E-state index in [0.29, 0.717) is 0 Å². The third-order valence-electron chi connectivity index (χ3n) is 2.01. The molecule has 1 aromatic rings. The molecule has 0 saturated heterocycles. The molecule has 1 aromatic carbocycles. The van der Waals surface area contributed by atoms with Crippen molar-refractivity contribution >= 4 is 23.9 Å². The van der Waals surface area contributed by atoms with Crippen LogP contribution in [-0.4, -0.2) is 30.2 Å². The minimum absolute atomic E-state index is 0.232. The quantitative estimate of drug-likeness (QED) is 0.614. The number of benzene rings is 1. The third-order valence-corrected chi connectivity index (χ3v) is 2.99. The van der Waals surface area contributed by atoms with Gasteiger partial charge in [0.25, 0.3) is 0 Å². The Morgan fingerprint density at radius 3 is 2.41 bits per heavy atom. The minimum Gasteiger partial charge on any atom is -0.478 e. The highest BCUT2D eigenvalue weighted by atomic mass is 32.2. The van der Waals surface area contributed by atoms with Gasteiger partial charge in [-0.05, 0) is 43.1 Å². The summed E-state index contributed by atoms with van der Waals surface area (Å²) in [7, 11) is 1.33. The summed E-state index contributed by atoms with van der Waals surface area (Å²) < 4.78 is 7.45. The molecule has 0 bridgehead atoms. The zero-order valence-corrected chi connectivity index (χ0v) is 10.3. The molecule has 0 fully saturated rings. The molecule has 0 radical (unpaired) electrons. The number of carboxylic acids is 1. The molecule has 1 atom stereocenters. The van der Waals surface area contributed by atoms with Crippen molar-refractivity contribution in [3.8, 4) is 0 Å². The summed E-state index contributed by atoms with van der Waals surface area (Å²) in [6, 6.07) is 5.93. The Morgan fingerprint density at radius 1 is 1.35 bits per heavy atom. The fourth-order valence-electron chi connectivity index (χ4n) is 1.05. The molecule has 92 valence electrons. The number of rotatable bonds is 5. The lowest BCUT2D eigenvalue weighted by Crippen LogP contribution is -2.29. The second-order valence-electron chi connectivity index (χ2n) is 3.29. The number of carbonyl (C=O) groups is 2. The molecule has 0 unspecified atom stereocenters. The Hall–Kier alpha value is -1.53. The van der Waals surface area contributed by atoms with E-state index in [1.165, 1.54) is 31.2 Å². The Kier molecular flexibility index (Phi) is 4.99. The van der Waals surface area contributed by atoms with Gasteiger partial charge in [-0.25, -0.2) is 9.52 Å². The summed E-state index contributed by atoms with van der Waals surface area (Å²) in [5.74, 6) is -1.31. The topological polar surface area (TPSA) is 75.6 Å². The van der Waals surface area contributed by atoms with Crippen molar-refractivity contribution in [2.24, 2.45) is 0 Å². The molecule has 1 rings (SSSR count). The Bertz CT molecular complexity index is 404. The first-order valence-corrected chi connectivity index (χ1v) is 5.70. The van der Waals surface area contributed by atoms with Gasteiger partial charge >= 0.3 is 11.9 Å². The van der Waals surface area contributed by atoms with Crippen molar-refractivity contribution in [2.45, 2.75) is 17.9 Å². The summed E-state index contributed by atoms with van der Waals surface area (Å²) in [5, 5.41) is 8.71. The van der Waals surface area contributed by atoms with Gasteiger partial charge in [-0.3, -0.25) is 4.79 Å². The maximum Gasteiger partial charge on any atom is 0.335 e. The monoisotopic (exact) mass is 255 g/mol. The summed E-state index contributed by atoms with van der Waals surface area (Å²) in [6.45, 7) is 1.68. The number of esters is 1. The predicted octanol–water partition coefficient (Wildman–Crippen LogP) is 1.54. The minimum atomic E-state index is -0.961. The second kappa shape index (κ2) is 6.27. The molecule has 6 heteroatoms. The van der Waals surface area contributed by atoms with Crippen LogP contribution in [0.1, 0.15) is 17.3 Å². The van der Waals surface area contributed by atoms with Crippen LogP contribution in [0.2, 0.25) is 0 Å². The molecule has 0 aromatic heterocycles. The van der Waals surface area contributed by atoms with Crippen molar-refractivity contribution in [2.75, 3.05) is 7.11 Å². The Labute approximate surface area is 103 Å². The van der Waals surface area contributed by atoms with E-state index >= 15 is 0 Å². The molecule has 0 amide bonds. The van der Waals surface area contributed by atoms with Crippen LogP contribution in [0.25, 0.3) is 0 Å². The average Bonchev–Trinajstić information content (AvgIpc) is 2.35. The van der Waals surface area contributed by atoms with Crippen LogP contribution in [0.5, 0.6) is 0 Å². The fourth-order valence-corrected chi connectivity index (χ4v) is 1.73. The van der Waals surface area contributed by atoms with E-state index in [4.69, 9.17) is 5.11 Å². The van der Waals surface area contributed by atoms with Crippen LogP contribution in [0, 0.1) is 0 Å². The molecule has 5 nitrogen and oxygen atoms in total. The van der Waals surface area contributed by atoms with Gasteiger partial charge in [0, 0.05) is 4.90 Å². The molecule has 17 heavy (non-hydrogen) atoms. The predicted molar refractivity (Wildman–Crippen MR) is 63.9 cm³/mol. The summed E-state index contributed by atoms with van der Waals surface area (Å²) in [4.78, 5) is 22.5. The first-order chi connectivity index (χ1) is 8.04. The fraction of sp³-hybridized carbons (Fsp3) is 0.273. The maximum absolute atomic E-state index is 11.1. The highest BCUT2D eigenvalue weighted by molar-refractivity contribution is 7.97. The number of aromatic carboxylic acids is 1. The molecule has 0 aliphatic heterocycles. The van der Waals surface area contributed by atoms with Gasteiger partial charge in [-0.15, -0.1) is 0 Å². The molecule has 0 aliphatic rings. The zero-order chi connectivity index (χ0) is 12.8. The number of methoxy groups -OCH3 is 1. The summed E-state index contributed by atoms with van der Waals surface area (Å²) >= 11 is 1.25. The van der Waals surface area contributed by atoms with Gasteiger partial charge in [-0.2, -0.15) is 0 Å². The van der Waals surface area contributed by atoms with Gasteiger partial charge in [0.1, 0.15) is 6.04 Å². The largest absolute Gasteiger partial charge is 0.478 e. The van der Waals surface area contributed by atoms with Crippen molar-refractivity contribution in [1.29, 1.82) is 0 Å².